The van der Waals surface area contributed by atoms with Crippen LogP contribution >= 0.6 is 0 Å². The SMILES string of the molecule is C=C1C(=O)C23C(O)CC4C(C)(C)C(OC(C)=O)CCC4(C)C2CC(=O)C1C3O. The monoisotopic (exact) mass is 390 g/mol. The fourth-order valence-corrected chi connectivity index (χ4v) is 7.49. The highest BCUT2D eigenvalue weighted by molar-refractivity contribution is 6.12. The van der Waals surface area contributed by atoms with Crippen molar-refractivity contribution in [2.45, 2.75) is 71.7 Å². The van der Waals surface area contributed by atoms with E-state index in [0.29, 0.717) is 19.3 Å². The van der Waals surface area contributed by atoms with Crippen molar-refractivity contribution < 1.29 is 29.3 Å². The summed E-state index contributed by atoms with van der Waals surface area (Å²) < 4.78 is 5.59. The van der Waals surface area contributed by atoms with Gasteiger partial charge in [-0.2, -0.15) is 0 Å². The van der Waals surface area contributed by atoms with Crippen LogP contribution in [0.25, 0.3) is 0 Å². The van der Waals surface area contributed by atoms with Crippen molar-refractivity contribution >= 4 is 17.5 Å². The Morgan fingerprint density at radius 3 is 2.43 bits per heavy atom. The number of carbonyl (C=O) groups is 3. The Hall–Kier alpha value is -1.53. The molecule has 4 aliphatic rings. The van der Waals surface area contributed by atoms with Gasteiger partial charge in [0.05, 0.1) is 23.5 Å². The van der Waals surface area contributed by atoms with Gasteiger partial charge in [-0.05, 0) is 36.5 Å². The van der Waals surface area contributed by atoms with Crippen LogP contribution in [0.1, 0.15) is 53.4 Å². The fourth-order valence-electron chi connectivity index (χ4n) is 7.49. The van der Waals surface area contributed by atoms with Gasteiger partial charge in [-0.25, -0.2) is 0 Å². The van der Waals surface area contributed by atoms with Crippen molar-refractivity contribution in [3.8, 4) is 0 Å². The van der Waals surface area contributed by atoms with Gasteiger partial charge in [0.2, 0.25) is 0 Å². The standard InChI is InChI=1S/C22H30O6/c1-10-17-12(24)8-14-21(5)7-6-16(28-11(2)23)20(3,4)13(21)9-15(25)22(14,18(10)26)19(17)27/h13-17,19,25,27H,1,6-9H2,2-5H3. The molecule has 1 spiro atoms. The number of rotatable bonds is 1. The van der Waals surface area contributed by atoms with E-state index in [1.165, 1.54) is 6.92 Å². The van der Waals surface area contributed by atoms with Crippen molar-refractivity contribution in [2.24, 2.45) is 34.0 Å². The highest BCUT2D eigenvalue weighted by Gasteiger charge is 2.76. The number of hydrogen-bond donors (Lipinski definition) is 2. The Labute approximate surface area is 165 Å². The van der Waals surface area contributed by atoms with E-state index < -0.39 is 40.3 Å². The zero-order valence-corrected chi connectivity index (χ0v) is 17.0. The molecule has 0 aromatic heterocycles. The highest BCUT2D eigenvalue weighted by atomic mass is 16.5. The van der Waals surface area contributed by atoms with Gasteiger partial charge in [-0.15, -0.1) is 0 Å². The van der Waals surface area contributed by atoms with Crippen LogP contribution in [0.4, 0.5) is 0 Å². The smallest absolute Gasteiger partial charge is 0.302 e. The summed E-state index contributed by atoms with van der Waals surface area (Å²) in [6.45, 7) is 11.3. The molecule has 4 saturated carbocycles. The summed E-state index contributed by atoms with van der Waals surface area (Å²) in [5.74, 6) is -2.21. The minimum absolute atomic E-state index is 0.0538. The molecule has 2 N–H and O–H groups in total. The maximum Gasteiger partial charge on any atom is 0.302 e. The Balaban J connectivity index is 1.82. The third kappa shape index (κ3) is 2.08. The van der Waals surface area contributed by atoms with E-state index in [4.69, 9.17) is 4.74 Å². The van der Waals surface area contributed by atoms with E-state index in [-0.39, 0.29) is 41.6 Å². The quantitative estimate of drug-likeness (QED) is 0.523. The van der Waals surface area contributed by atoms with Crippen molar-refractivity contribution in [3.63, 3.8) is 0 Å². The first-order chi connectivity index (χ1) is 12.9. The lowest BCUT2D eigenvalue weighted by Gasteiger charge is -2.65. The Morgan fingerprint density at radius 2 is 1.82 bits per heavy atom. The van der Waals surface area contributed by atoms with Crippen LogP contribution in [0.2, 0.25) is 0 Å². The minimum atomic E-state index is -1.34. The van der Waals surface area contributed by atoms with Crippen molar-refractivity contribution in [2.75, 3.05) is 0 Å². The number of Topliss-reactive ketones (excluding diaryl/α,β-unsaturated/α-hetero) is 2. The van der Waals surface area contributed by atoms with Crippen LogP contribution in [-0.4, -0.2) is 46.1 Å². The predicted octanol–water partition coefficient (Wildman–Crippen LogP) is 1.82. The Bertz CT molecular complexity index is 784. The lowest BCUT2D eigenvalue weighted by Crippen LogP contribution is -2.69. The molecule has 8 unspecified atom stereocenters. The van der Waals surface area contributed by atoms with E-state index in [1.807, 2.05) is 13.8 Å². The van der Waals surface area contributed by atoms with Gasteiger partial charge in [0.25, 0.3) is 0 Å². The van der Waals surface area contributed by atoms with Crippen LogP contribution < -0.4 is 0 Å². The summed E-state index contributed by atoms with van der Waals surface area (Å²) in [4.78, 5) is 37.7. The second kappa shape index (κ2) is 5.76. The Kier molecular flexibility index (Phi) is 4.07. The summed E-state index contributed by atoms with van der Waals surface area (Å²) in [6, 6.07) is 0. The van der Waals surface area contributed by atoms with Crippen LogP contribution in [0.15, 0.2) is 12.2 Å². The number of aliphatic hydroxyl groups excluding tert-OH is 2. The summed E-state index contributed by atoms with van der Waals surface area (Å²) >= 11 is 0. The largest absolute Gasteiger partial charge is 0.462 e. The number of esters is 1. The average molecular weight is 390 g/mol. The molecule has 6 nitrogen and oxygen atoms in total. The summed E-state index contributed by atoms with van der Waals surface area (Å²) in [6.07, 6.45) is -0.743. The maximum atomic E-state index is 13.3. The van der Waals surface area contributed by atoms with Crippen molar-refractivity contribution in [1.82, 2.24) is 0 Å². The van der Waals surface area contributed by atoms with Crippen LogP contribution in [0.5, 0.6) is 0 Å². The minimum Gasteiger partial charge on any atom is -0.462 e. The van der Waals surface area contributed by atoms with E-state index in [9.17, 15) is 24.6 Å². The molecular weight excluding hydrogens is 360 g/mol. The highest BCUT2D eigenvalue weighted by Crippen LogP contribution is 2.70. The van der Waals surface area contributed by atoms with E-state index >= 15 is 0 Å². The lowest BCUT2D eigenvalue weighted by molar-refractivity contribution is -0.238. The number of ketones is 2. The normalized spacial score (nSPS) is 49.4. The molecule has 6 heteroatoms. The maximum absolute atomic E-state index is 13.3. The van der Waals surface area contributed by atoms with E-state index in [2.05, 4.69) is 13.5 Å². The van der Waals surface area contributed by atoms with Gasteiger partial charge in [0, 0.05) is 24.3 Å². The summed E-state index contributed by atoms with van der Waals surface area (Å²) in [7, 11) is 0. The molecule has 154 valence electrons. The number of hydrogen-bond acceptors (Lipinski definition) is 6. The number of ether oxygens (including phenoxy) is 1. The molecule has 0 aliphatic heterocycles. The van der Waals surface area contributed by atoms with Gasteiger partial charge >= 0.3 is 5.97 Å². The van der Waals surface area contributed by atoms with Gasteiger partial charge in [-0.3, -0.25) is 14.4 Å². The molecule has 0 radical (unpaired) electrons. The zero-order valence-electron chi connectivity index (χ0n) is 17.0. The molecule has 8 atom stereocenters. The first-order valence-electron chi connectivity index (χ1n) is 10.2. The van der Waals surface area contributed by atoms with Gasteiger partial charge < -0.3 is 14.9 Å². The van der Waals surface area contributed by atoms with Crippen LogP contribution in [0, 0.1) is 34.0 Å². The molecule has 0 aromatic rings. The van der Waals surface area contributed by atoms with Crippen molar-refractivity contribution in [1.29, 1.82) is 0 Å². The summed E-state index contributed by atoms with van der Waals surface area (Å²) in [5, 5.41) is 22.3. The molecule has 4 aliphatic carbocycles. The molecule has 0 amide bonds. The van der Waals surface area contributed by atoms with Crippen molar-refractivity contribution in [3.05, 3.63) is 12.2 Å². The molecule has 4 rings (SSSR count). The van der Waals surface area contributed by atoms with E-state index in [1.54, 1.807) is 0 Å². The van der Waals surface area contributed by atoms with Gasteiger partial charge in [0.1, 0.15) is 11.9 Å². The topological polar surface area (TPSA) is 101 Å². The average Bonchev–Trinajstić information content (AvgIpc) is 2.72. The molecule has 4 fully saturated rings. The molecule has 2 bridgehead atoms. The number of carbonyl (C=O) groups excluding carboxylic acids is 3. The second-order valence-electron chi connectivity index (χ2n) is 10.2. The number of aliphatic hydroxyl groups is 2. The second-order valence-corrected chi connectivity index (χ2v) is 10.2. The first-order valence-corrected chi connectivity index (χ1v) is 10.2. The molecule has 0 saturated heterocycles. The van der Waals surface area contributed by atoms with Gasteiger partial charge in [0.15, 0.2) is 5.78 Å². The first kappa shape index (κ1) is 19.8. The molecule has 28 heavy (non-hydrogen) atoms. The third-order valence-electron chi connectivity index (χ3n) is 8.78. The number of fused-ring (bicyclic) bond motifs is 3. The molecular formula is C22H30O6. The van der Waals surface area contributed by atoms with E-state index in [0.717, 1.165) is 0 Å². The molecule has 0 aromatic carbocycles. The lowest BCUT2D eigenvalue weighted by atomic mass is 9.39. The molecule has 0 heterocycles. The summed E-state index contributed by atoms with van der Waals surface area (Å²) in [5.41, 5.74) is -2.05. The van der Waals surface area contributed by atoms with Crippen LogP contribution in [0.3, 0.4) is 0 Å². The van der Waals surface area contributed by atoms with Crippen LogP contribution in [-0.2, 0) is 19.1 Å². The third-order valence-corrected chi connectivity index (χ3v) is 8.78. The van der Waals surface area contributed by atoms with Gasteiger partial charge in [-0.1, -0.05) is 27.4 Å². The Morgan fingerprint density at radius 1 is 1.18 bits per heavy atom. The fraction of sp³-hybridized carbons (Fsp3) is 0.773. The predicted molar refractivity (Wildman–Crippen MR) is 100.0 cm³/mol. The zero-order chi connectivity index (χ0) is 20.8.